The molecule has 2 aromatic carbocycles. The van der Waals surface area contributed by atoms with Gasteiger partial charge in [-0.25, -0.2) is 0 Å². The Bertz CT molecular complexity index is 589. The lowest BCUT2D eigenvalue weighted by molar-refractivity contribution is 0.274. The third kappa shape index (κ3) is 3.27. The zero-order valence-electron chi connectivity index (χ0n) is 12.6. The molecule has 2 nitrogen and oxygen atoms in total. The van der Waals surface area contributed by atoms with E-state index in [0.29, 0.717) is 5.92 Å². The first-order chi connectivity index (χ1) is 10.2. The summed E-state index contributed by atoms with van der Waals surface area (Å²) in [6.07, 6.45) is 3.68. The summed E-state index contributed by atoms with van der Waals surface area (Å²) in [4.78, 5) is 0. The first-order valence-corrected chi connectivity index (χ1v) is 7.80. The fraction of sp³-hybridized carbons (Fsp3) is 0.368. The van der Waals surface area contributed by atoms with Crippen molar-refractivity contribution in [3.05, 3.63) is 65.2 Å². The Labute approximate surface area is 126 Å². The van der Waals surface area contributed by atoms with Crippen molar-refractivity contribution >= 4 is 0 Å². The van der Waals surface area contributed by atoms with Crippen LogP contribution in [0.5, 0.6) is 5.75 Å². The molecular formula is C19H23NO. The second-order valence-electron chi connectivity index (χ2n) is 5.96. The second-order valence-corrected chi connectivity index (χ2v) is 5.96. The summed E-state index contributed by atoms with van der Waals surface area (Å²) in [5.74, 6) is 1.45. The fourth-order valence-electron chi connectivity index (χ4n) is 3.09. The third-order valence-corrected chi connectivity index (χ3v) is 4.35. The molecule has 0 saturated heterocycles. The van der Waals surface area contributed by atoms with Gasteiger partial charge in [0.2, 0.25) is 0 Å². The van der Waals surface area contributed by atoms with Gasteiger partial charge < -0.3 is 10.5 Å². The molecule has 0 radical (unpaired) electrons. The Hall–Kier alpha value is -1.80. The molecule has 110 valence electrons. The van der Waals surface area contributed by atoms with Crippen molar-refractivity contribution in [3.63, 3.8) is 0 Å². The van der Waals surface area contributed by atoms with Crippen molar-refractivity contribution in [1.29, 1.82) is 0 Å². The summed E-state index contributed by atoms with van der Waals surface area (Å²) >= 11 is 0. The van der Waals surface area contributed by atoms with E-state index in [9.17, 15) is 0 Å². The highest BCUT2D eigenvalue weighted by Crippen LogP contribution is 2.32. The first-order valence-electron chi connectivity index (χ1n) is 7.80. The molecule has 3 rings (SSSR count). The van der Waals surface area contributed by atoms with Gasteiger partial charge in [-0.1, -0.05) is 36.4 Å². The van der Waals surface area contributed by atoms with Crippen LogP contribution >= 0.6 is 0 Å². The molecule has 0 spiro atoms. The molecule has 0 aliphatic heterocycles. The lowest BCUT2D eigenvalue weighted by atomic mass is 9.83. The lowest BCUT2D eigenvalue weighted by Crippen LogP contribution is -2.16. The minimum atomic E-state index is 0.0734. The summed E-state index contributed by atoms with van der Waals surface area (Å²) in [6, 6.07) is 17.0. The van der Waals surface area contributed by atoms with E-state index in [4.69, 9.17) is 10.5 Å². The Kier molecular flexibility index (Phi) is 4.26. The van der Waals surface area contributed by atoms with E-state index < -0.39 is 0 Å². The van der Waals surface area contributed by atoms with Gasteiger partial charge in [-0.2, -0.15) is 0 Å². The number of hydrogen-bond acceptors (Lipinski definition) is 2. The fourth-order valence-corrected chi connectivity index (χ4v) is 3.09. The number of aryl methyl sites for hydroxylation is 1. The Balaban J connectivity index is 1.66. The number of nitrogens with two attached hydrogens (primary N) is 1. The minimum absolute atomic E-state index is 0.0734. The van der Waals surface area contributed by atoms with E-state index in [1.165, 1.54) is 30.4 Å². The molecular weight excluding hydrogens is 258 g/mol. The van der Waals surface area contributed by atoms with Gasteiger partial charge >= 0.3 is 0 Å². The van der Waals surface area contributed by atoms with Gasteiger partial charge in [-0.15, -0.1) is 0 Å². The monoisotopic (exact) mass is 281 g/mol. The number of fused-ring (bicyclic) bond motifs is 1. The molecule has 2 unspecified atom stereocenters. The van der Waals surface area contributed by atoms with E-state index in [2.05, 4.69) is 36.4 Å². The summed E-state index contributed by atoms with van der Waals surface area (Å²) in [6.45, 7) is 2.75. The van der Waals surface area contributed by atoms with Crippen molar-refractivity contribution in [2.45, 2.75) is 38.1 Å². The number of ether oxygens (including phenoxy) is 1. The summed E-state index contributed by atoms with van der Waals surface area (Å²) in [5.41, 5.74) is 9.97. The molecule has 0 fully saturated rings. The molecule has 2 atom stereocenters. The molecule has 0 bridgehead atoms. The van der Waals surface area contributed by atoms with Crippen LogP contribution in [-0.4, -0.2) is 6.61 Å². The maximum absolute atomic E-state index is 6.00. The highest BCUT2D eigenvalue weighted by atomic mass is 16.5. The molecule has 0 saturated carbocycles. The number of benzene rings is 2. The molecule has 2 N–H and O–H groups in total. The van der Waals surface area contributed by atoms with Crippen LogP contribution in [0, 0.1) is 0 Å². The first kappa shape index (κ1) is 14.2. The average molecular weight is 281 g/mol. The van der Waals surface area contributed by atoms with Crippen molar-refractivity contribution in [2.24, 2.45) is 5.73 Å². The SMILES string of the molecule is CC(N)c1ccc(OCC2CCCc3ccccc32)cc1. The predicted molar refractivity (Wildman–Crippen MR) is 86.7 cm³/mol. The average Bonchev–Trinajstić information content (AvgIpc) is 2.53. The van der Waals surface area contributed by atoms with Crippen LogP contribution in [0.1, 0.15) is 48.4 Å². The zero-order chi connectivity index (χ0) is 14.7. The molecule has 1 aliphatic rings. The van der Waals surface area contributed by atoms with Gasteiger partial charge in [-0.05, 0) is 55.0 Å². The maximum atomic E-state index is 6.00. The van der Waals surface area contributed by atoms with Crippen molar-refractivity contribution < 1.29 is 4.74 Å². The van der Waals surface area contributed by atoms with E-state index in [-0.39, 0.29) is 6.04 Å². The Morgan fingerprint density at radius 1 is 1.14 bits per heavy atom. The van der Waals surface area contributed by atoms with E-state index in [1.807, 2.05) is 19.1 Å². The summed E-state index contributed by atoms with van der Waals surface area (Å²) in [7, 11) is 0. The van der Waals surface area contributed by atoms with E-state index >= 15 is 0 Å². The van der Waals surface area contributed by atoms with Gasteiger partial charge in [0.05, 0.1) is 6.61 Å². The molecule has 0 amide bonds. The van der Waals surface area contributed by atoms with Gasteiger partial charge in [0, 0.05) is 12.0 Å². The Morgan fingerprint density at radius 3 is 2.67 bits per heavy atom. The van der Waals surface area contributed by atoms with Crippen LogP contribution in [0.4, 0.5) is 0 Å². The van der Waals surface area contributed by atoms with E-state index in [0.717, 1.165) is 17.9 Å². The van der Waals surface area contributed by atoms with Gasteiger partial charge in [0.25, 0.3) is 0 Å². The molecule has 0 aromatic heterocycles. The molecule has 21 heavy (non-hydrogen) atoms. The van der Waals surface area contributed by atoms with Crippen LogP contribution in [0.3, 0.4) is 0 Å². The molecule has 2 heteroatoms. The van der Waals surface area contributed by atoms with Gasteiger partial charge in [0.15, 0.2) is 0 Å². The van der Waals surface area contributed by atoms with Crippen molar-refractivity contribution in [2.75, 3.05) is 6.61 Å². The molecule has 2 aromatic rings. The summed E-state index contributed by atoms with van der Waals surface area (Å²) in [5, 5.41) is 0. The predicted octanol–water partition coefficient (Wildman–Crippen LogP) is 4.21. The smallest absolute Gasteiger partial charge is 0.119 e. The second kappa shape index (κ2) is 6.31. The maximum Gasteiger partial charge on any atom is 0.119 e. The highest BCUT2D eigenvalue weighted by Gasteiger charge is 2.20. The number of rotatable bonds is 4. The largest absolute Gasteiger partial charge is 0.493 e. The zero-order valence-corrected chi connectivity index (χ0v) is 12.6. The molecule has 0 heterocycles. The normalized spacial score (nSPS) is 18.9. The highest BCUT2D eigenvalue weighted by molar-refractivity contribution is 5.33. The van der Waals surface area contributed by atoms with Gasteiger partial charge in [0.1, 0.15) is 5.75 Å². The van der Waals surface area contributed by atoms with E-state index in [1.54, 1.807) is 0 Å². The minimum Gasteiger partial charge on any atom is -0.493 e. The Morgan fingerprint density at radius 2 is 1.90 bits per heavy atom. The van der Waals surface area contributed by atoms with Crippen molar-refractivity contribution in [3.8, 4) is 5.75 Å². The lowest BCUT2D eigenvalue weighted by Gasteiger charge is -2.25. The van der Waals surface area contributed by atoms with Crippen LogP contribution in [-0.2, 0) is 6.42 Å². The van der Waals surface area contributed by atoms with Crippen LogP contribution in [0.2, 0.25) is 0 Å². The number of hydrogen-bond donors (Lipinski definition) is 1. The van der Waals surface area contributed by atoms with Crippen LogP contribution in [0.15, 0.2) is 48.5 Å². The topological polar surface area (TPSA) is 35.2 Å². The third-order valence-electron chi connectivity index (χ3n) is 4.35. The van der Waals surface area contributed by atoms with Crippen LogP contribution < -0.4 is 10.5 Å². The van der Waals surface area contributed by atoms with Gasteiger partial charge in [-0.3, -0.25) is 0 Å². The molecule has 1 aliphatic carbocycles. The summed E-state index contributed by atoms with van der Waals surface area (Å²) < 4.78 is 6.00. The quantitative estimate of drug-likeness (QED) is 0.911. The van der Waals surface area contributed by atoms with Crippen molar-refractivity contribution in [1.82, 2.24) is 0 Å². The standard InChI is InChI=1S/C19H23NO/c1-14(20)15-9-11-18(12-10-15)21-13-17-7-4-6-16-5-2-3-8-19(16)17/h2-3,5,8-12,14,17H,4,6-7,13,20H2,1H3. The van der Waals surface area contributed by atoms with Crippen LogP contribution in [0.25, 0.3) is 0 Å².